The standard InChI is InChI=1S/C24H28BrFN2O2S/c1-30-21-5-3-20(4-6-21)28-16-22(31-24(28)29)10-13-27-11-8-17(9-12-27)14-18-15-19(26)2-7-23(18)25/h2-7,15,17,22H,8-14,16H2,1H3. The maximum absolute atomic E-state index is 13.5. The number of benzene rings is 2. The molecule has 2 fully saturated rings. The number of ether oxygens (including phenoxy) is 1. The Morgan fingerprint density at radius 2 is 1.90 bits per heavy atom. The molecule has 0 N–H and O–H groups in total. The molecule has 0 spiro atoms. The van der Waals surface area contributed by atoms with E-state index in [9.17, 15) is 9.18 Å². The van der Waals surface area contributed by atoms with Gasteiger partial charge in [0.15, 0.2) is 0 Å². The molecule has 0 radical (unpaired) electrons. The third-order valence-electron chi connectivity index (χ3n) is 6.25. The largest absolute Gasteiger partial charge is 0.497 e. The van der Waals surface area contributed by atoms with Crippen LogP contribution in [0.1, 0.15) is 24.8 Å². The molecule has 2 aromatic carbocycles. The molecule has 1 amide bonds. The number of amides is 1. The highest BCUT2D eigenvalue weighted by Gasteiger charge is 2.32. The van der Waals surface area contributed by atoms with Gasteiger partial charge in [0.2, 0.25) is 0 Å². The van der Waals surface area contributed by atoms with Crippen LogP contribution in [0.25, 0.3) is 0 Å². The van der Waals surface area contributed by atoms with Crippen LogP contribution >= 0.6 is 27.7 Å². The van der Waals surface area contributed by atoms with Crippen molar-refractivity contribution in [3.8, 4) is 5.75 Å². The molecule has 31 heavy (non-hydrogen) atoms. The zero-order chi connectivity index (χ0) is 21.8. The van der Waals surface area contributed by atoms with Gasteiger partial charge in [-0.1, -0.05) is 27.7 Å². The van der Waals surface area contributed by atoms with E-state index in [-0.39, 0.29) is 11.1 Å². The van der Waals surface area contributed by atoms with Gasteiger partial charge in [-0.2, -0.15) is 0 Å². The number of nitrogens with zero attached hydrogens (tertiary/aromatic N) is 2. The summed E-state index contributed by atoms with van der Waals surface area (Å²) in [6.07, 6.45) is 4.22. The predicted octanol–water partition coefficient (Wildman–Crippen LogP) is 5.98. The molecule has 2 heterocycles. The number of thioether (sulfide) groups is 1. The van der Waals surface area contributed by atoms with Crippen molar-refractivity contribution < 1.29 is 13.9 Å². The highest BCUT2D eigenvalue weighted by Crippen LogP contribution is 2.33. The second kappa shape index (κ2) is 10.4. The average molecular weight is 507 g/mol. The van der Waals surface area contributed by atoms with Gasteiger partial charge in [-0.25, -0.2) is 4.39 Å². The summed E-state index contributed by atoms with van der Waals surface area (Å²) in [5.41, 5.74) is 2.00. The Balaban J connectivity index is 1.22. The first kappa shape index (κ1) is 22.6. The van der Waals surface area contributed by atoms with Gasteiger partial charge in [0.1, 0.15) is 11.6 Å². The number of piperidine rings is 1. The fraction of sp³-hybridized carbons (Fsp3) is 0.458. The molecule has 7 heteroatoms. The van der Waals surface area contributed by atoms with Crippen LogP contribution in [-0.4, -0.2) is 48.7 Å². The Labute approximate surface area is 196 Å². The first-order chi connectivity index (χ1) is 15.0. The number of likely N-dealkylation sites (tertiary alicyclic amines) is 1. The van der Waals surface area contributed by atoms with Crippen molar-refractivity contribution >= 4 is 38.6 Å². The Hall–Kier alpha value is -1.57. The SMILES string of the molecule is COc1ccc(N2CC(CCN3CCC(Cc4cc(F)ccc4Br)CC3)SC2=O)cc1. The van der Waals surface area contributed by atoms with Crippen LogP contribution in [0, 0.1) is 11.7 Å². The fourth-order valence-electron chi connectivity index (χ4n) is 4.40. The molecule has 166 valence electrons. The van der Waals surface area contributed by atoms with Crippen LogP contribution in [-0.2, 0) is 6.42 Å². The van der Waals surface area contributed by atoms with Crippen LogP contribution in [0.2, 0.25) is 0 Å². The maximum atomic E-state index is 13.5. The Kier molecular flexibility index (Phi) is 7.56. The van der Waals surface area contributed by atoms with E-state index in [1.807, 2.05) is 29.2 Å². The molecule has 1 atom stereocenters. The molecule has 1 unspecified atom stereocenters. The molecular formula is C24H28BrFN2O2S. The van der Waals surface area contributed by atoms with E-state index in [0.29, 0.717) is 11.2 Å². The third-order valence-corrected chi connectivity index (χ3v) is 8.16. The normalized spacial score (nSPS) is 20.4. The van der Waals surface area contributed by atoms with Crippen LogP contribution < -0.4 is 9.64 Å². The summed E-state index contributed by atoms with van der Waals surface area (Å²) in [7, 11) is 1.64. The highest BCUT2D eigenvalue weighted by atomic mass is 79.9. The van der Waals surface area contributed by atoms with Crippen molar-refractivity contribution in [2.45, 2.75) is 30.9 Å². The van der Waals surface area contributed by atoms with Gasteiger partial charge in [0, 0.05) is 22.0 Å². The molecule has 2 aromatic rings. The molecule has 0 aliphatic carbocycles. The lowest BCUT2D eigenvalue weighted by Crippen LogP contribution is -2.36. The Bertz CT molecular complexity index is 903. The molecule has 0 aromatic heterocycles. The summed E-state index contributed by atoms with van der Waals surface area (Å²) >= 11 is 5.01. The van der Waals surface area contributed by atoms with Gasteiger partial charge >= 0.3 is 0 Å². The van der Waals surface area contributed by atoms with Crippen LogP contribution in [0.15, 0.2) is 46.9 Å². The summed E-state index contributed by atoms with van der Waals surface area (Å²) in [4.78, 5) is 16.9. The molecule has 2 aliphatic rings. The first-order valence-electron chi connectivity index (χ1n) is 10.8. The molecule has 2 aliphatic heterocycles. The number of methoxy groups -OCH3 is 1. The van der Waals surface area contributed by atoms with E-state index >= 15 is 0 Å². The van der Waals surface area contributed by atoms with Crippen LogP contribution in [0.4, 0.5) is 14.9 Å². The summed E-state index contributed by atoms with van der Waals surface area (Å²) in [6.45, 7) is 3.94. The monoisotopic (exact) mass is 506 g/mol. The Morgan fingerprint density at radius 3 is 2.61 bits per heavy atom. The topological polar surface area (TPSA) is 32.8 Å². The molecule has 0 bridgehead atoms. The molecule has 4 rings (SSSR count). The van der Waals surface area contributed by atoms with Gasteiger partial charge in [-0.05, 0) is 99.3 Å². The van der Waals surface area contributed by atoms with Gasteiger partial charge < -0.3 is 14.5 Å². The van der Waals surface area contributed by atoms with E-state index in [0.717, 1.165) is 73.3 Å². The number of carbonyl (C=O) groups is 1. The summed E-state index contributed by atoms with van der Waals surface area (Å²) < 4.78 is 19.7. The fourth-order valence-corrected chi connectivity index (χ4v) is 5.84. The van der Waals surface area contributed by atoms with Crippen molar-refractivity contribution in [1.29, 1.82) is 0 Å². The Morgan fingerprint density at radius 1 is 1.16 bits per heavy atom. The number of hydrogen-bond acceptors (Lipinski definition) is 4. The summed E-state index contributed by atoms with van der Waals surface area (Å²) in [5, 5.41) is 0.463. The van der Waals surface area contributed by atoms with Gasteiger partial charge in [-0.3, -0.25) is 4.79 Å². The van der Waals surface area contributed by atoms with Crippen molar-refractivity contribution in [2.75, 3.05) is 38.2 Å². The van der Waals surface area contributed by atoms with E-state index in [1.165, 1.54) is 17.8 Å². The summed E-state index contributed by atoms with van der Waals surface area (Å²) in [6, 6.07) is 12.6. The summed E-state index contributed by atoms with van der Waals surface area (Å²) in [5.74, 6) is 1.23. The van der Waals surface area contributed by atoms with Crippen LogP contribution in [0.3, 0.4) is 0 Å². The minimum atomic E-state index is -0.164. The predicted molar refractivity (Wildman–Crippen MR) is 129 cm³/mol. The first-order valence-corrected chi connectivity index (χ1v) is 12.5. The lowest BCUT2D eigenvalue weighted by molar-refractivity contribution is 0.182. The highest BCUT2D eigenvalue weighted by molar-refractivity contribution is 9.10. The second-order valence-corrected chi connectivity index (χ2v) is 10.4. The molecule has 0 saturated carbocycles. The van der Waals surface area contributed by atoms with Crippen molar-refractivity contribution in [3.63, 3.8) is 0 Å². The lowest BCUT2D eigenvalue weighted by Gasteiger charge is -2.32. The van der Waals surface area contributed by atoms with E-state index in [4.69, 9.17) is 4.74 Å². The van der Waals surface area contributed by atoms with E-state index < -0.39 is 0 Å². The number of anilines is 1. The van der Waals surface area contributed by atoms with E-state index in [2.05, 4.69) is 20.8 Å². The third kappa shape index (κ3) is 5.82. The number of carbonyl (C=O) groups excluding carboxylic acids is 1. The maximum Gasteiger partial charge on any atom is 0.286 e. The minimum absolute atomic E-state index is 0.134. The van der Waals surface area contributed by atoms with Crippen molar-refractivity contribution in [3.05, 3.63) is 58.3 Å². The number of rotatable bonds is 7. The molecule has 4 nitrogen and oxygen atoms in total. The number of hydrogen-bond donors (Lipinski definition) is 0. The van der Waals surface area contributed by atoms with Gasteiger partial charge in [0.25, 0.3) is 5.24 Å². The van der Waals surface area contributed by atoms with Crippen molar-refractivity contribution in [1.82, 2.24) is 4.90 Å². The van der Waals surface area contributed by atoms with E-state index in [1.54, 1.807) is 19.2 Å². The van der Waals surface area contributed by atoms with Gasteiger partial charge in [0.05, 0.1) is 7.11 Å². The molecular weight excluding hydrogens is 479 g/mol. The lowest BCUT2D eigenvalue weighted by atomic mass is 9.90. The quantitative estimate of drug-likeness (QED) is 0.462. The number of halogens is 2. The second-order valence-electron chi connectivity index (χ2n) is 8.33. The zero-order valence-corrected chi connectivity index (χ0v) is 20.1. The zero-order valence-electron chi connectivity index (χ0n) is 17.7. The smallest absolute Gasteiger partial charge is 0.286 e. The minimum Gasteiger partial charge on any atom is -0.497 e. The molecule has 2 saturated heterocycles. The van der Waals surface area contributed by atoms with Gasteiger partial charge in [-0.15, -0.1) is 0 Å². The average Bonchev–Trinajstić information content (AvgIpc) is 3.16. The van der Waals surface area contributed by atoms with Crippen molar-refractivity contribution in [2.24, 2.45) is 5.92 Å². The van der Waals surface area contributed by atoms with Crippen LogP contribution in [0.5, 0.6) is 5.75 Å².